The van der Waals surface area contributed by atoms with Crippen molar-refractivity contribution in [1.82, 2.24) is 5.32 Å². The number of likely N-dealkylation sites (N-methyl/N-ethyl adjacent to an activating group) is 1. The SMILES string of the molecule is CNC(Cc1ccc(Cl)cc1)C(C)Oc1cccc(Cl)c1. The normalized spacial score (nSPS) is 13.7. The van der Waals surface area contributed by atoms with E-state index in [1.807, 2.05) is 55.6 Å². The summed E-state index contributed by atoms with van der Waals surface area (Å²) >= 11 is 11.9. The molecule has 0 aliphatic carbocycles. The first kappa shape index (κ1) is 16.2. The van der Waals surface area contributed by atoms with Crippen molar-refractivity contribution in [2.75, 3.05) is 7.05 Å². The quantitative estimate of drug-likeness (QED) is 0.839. The van der Waals surface area contributed by atoms with Crippen LogP contribution in [0.3, 0.4) is 0 Å². The van der Waals surface area contributed by atoms with E-state index in [0.717, 1.165) is 17.2 Å². The summed E-state index contributed by atoms with van der Waals surface area (Å²) in [5, 5.41) is 4.74. The van der Waals surface area contributed by atoms with Gasteiger partial charge in [0.2, 0.25) is 0 Å². The van der Waals surface area contributed by atoms with Crippen LogP contribution >= 0.6 is 23.2 Å². The Bertz CT molecular complexity index is 571. The zero-order chi connectivity index (χ0) is 15.2. The van der Waals surface area contributed by atoms with Gasteiger partial charge in [0, 0.05) is 16.1 Å². The molecule has 0 saturated carbocycles. The van der Waals surface area contributed by atoms with Crippen LogP contribution in [0.1, 0.15) is 12.5 Å². The molecular formula is C17H19Cl2NO. The third-order valence-electron chi connectivity index (χ3n) is 3.42. The van der Waals surface area contributed by atoms with E-state index in [2.05, 4.69) is 12.2 Å². The lowest BCUT2D eigenvalue weighted by molar-refractivity contribution is 0.174. The standard InChI is InChI=1S/C17H19Cl2NO/c1-12(21-16-5-3-4-15(19)11-16)17(20-2)10-13-6-8-14(18)9-7-13/h3-9,11-12,17,20H,10H2,1-2H3. The smallest absolute Gasteiger partial charge is 0.121 e. The molecule has 0 saturated heterocycles. The summed E-state index contributed by atoms with van der Waals surface area (Å²) in [6.07, 6.45) is 0.888. The first-order valence-electron chi connectivity index (χ1n) is 6.92. The molecule has 0 radical (unpaired) electrons. The van der Waals surface area contributed by atoms with Gasteiger partial charge < -0.3 is 10.1 Å². The van der Waals surface area contributed by atoms with Crippen molar-refractivity contribution in [3.05, 3.63) is 64.1 Å². The minimum atomic E-state index is 0.0177. The van der Waals surface area contributed by atoms with Crippen LogP contribution in [0.25, 0.3) is 0 Å². The Kier molecular flexibility index (Phi) is 5.92. The predicted molar refractivity (Wildman–Crippen MR) is 89.5 cm³/mol. The molecule has 0 aliphatic rings. The Balaban J connectivity index is 2.01. The lowest BCUT2D eigenvalue weighted by Gasteiger charge is -2.25. The fraction of sp³-hybridized carbons (Fsp3) is 0.294. The van der Waals surface area contributed by atoms with Gasteiger partial charge >= 0.3 is 0 Å². The van der Waals surface area contributed by atoms with Crippen LogP contribution in [0.5, 0.6) is 5.75 Å². The molecule has 1 N–H and O–H groups in total. The van der Waals surface area contributed by atoms with Crippen LogP contribution in [-0.4, -0.2) is 19.2 Å². The maximum atomic E-state index is 5.98. The van der Waals surface area contributed by atoms with Crippen molar-refractivity contribution in [2.24, 2.45) is 0 Å². The molecule has 2 aromatic rings. The van der Waals surface area contributed by atoms with Crippen molar-refractivity contribution < 1.29 is 4.74 Å². The second-order valence-electron chi connectivity index (χ2n) is 5.01. The molecule has 2 rings (SSSR count). The fourth-order valence-corrected chi connectivity index (χ4v) is 2.52. The van der Waals surface area contributed by atoms with E-state index in [1.165, 1.54) is 5.56 Å². The maximum Gasteiger partial charge on any atom is 0.121 e. The zero-order valence-electron chi connectivity index (χ0n) is 12.1. The van der Waals surface area contributed by atoms with Crippen molar-refractivity contribution in [3.8, 4) is 5.75 Å². The van der Waals surface area contributed by atoms with Crippen LogP contribution in [0.2, 0.25) is 10.0 Å². The number of hydrogen-bond acceptors (Lipinski definition) is 2. The summed E-state index contributed by atoms with van der Waals surface area (Å²) < 4.78 is 5.97. The second-order valence-corrected chi connectivity index (χ2v) is 5.88. The monoisotopic (exact) mass is 323 g/mol. The topological polar surface area (TPSA) is 21.3 Å². The third kappa shape index (κ3) is 4.92. The van der Waals surface area contributed by atoms with Crippen molar-refractivity contribution >= 4 is 23.2 Å². The Morgan fingerprint density at radius 2 is 1.76 bits per heavy atom. The third-order valence-corrected chi connectivity index (χ3v) is 3.91. The highest BCUT2D eigenvalue weighted by atomic mass is 35.5. The Morgan fingerprint density at radius 3 is 2.38 bits per heavy atom. The van der Waals surface area contributed by atoms with Crippen LogP contribution in [0, 0.1) is 0 Å². The summed E-state index contributed by atoms with van der Waals surface area (Å²) in [6, 6.07) is 15.6. The van der Waals surface area contributed by atoms with Crippen LogP contribution < -0.4 is 10.1 Å². The van der Waals surface area contributed by atoms with E-state index in [0.29, 0.717) is 5.02 Å². The highest BCUT2D eigenvalue weighted by molar-refractivity contribution is 6.30. The molecule has 0 fully saturated rings. The average Bonchev–Trinajstić information content (AvgIpc) is 2.46. The van der Waals surface area contributed by atoms with Gasteiger partial charge in [-0.3, -0.25) is 0 Å². The first-order valence-corrected chi connectivity index (χ1v) is 7.68. The van der Waals surface area contributed by atoms with E-state index >= 15 is 0 Å². The summed E-state index contributed by atoms with van der Waals surface area (Å²) in [4.78, 5) is 0. The van der Waals surface area contributed by atoms with Crippen LogP contribution in [-0.2, 0) is 6.42 Å². The second kappa shape index (κ2) is 7.69. The maximum absolute atomic E-state index is 5.98. The molecule has 2 nitrogen and oxygen atoms in total. The minimum absolute atomic E-state index is 0.0177. The van der Waals surface area contributed by atoms with Gasteiger partial charge in [0.25, 0.3) is 0 Å². The molecule has 21 heavy (non-hydrogen) atoms. The molecule has 112 valence electrons. The number of halogens is 2. The summed E-state index contributed by atoms with van der Waals surface area (Å²) in [5.74, 6) is 0.784. The molecule has 0 aromatic heterocycles. The highest BCUT2D eigenvalue weighted by Gasteiger charge is 2.17. The van der Waals surface area contributed by atoms with Crippen molar-refractivity contribution in [1.29, 1.82) is 0 Å². The van der Waals surface area contributed by atoms with Gasteiger partial charge in [-0.05, 0) is 56.3 Å². The first-order chi connectivity index (χ1) is 10.1. The Hall–Kier alpha value is -1.22. The van der Waals surface area contributed by atoms with E-state index in [1.54, 1.807) is 0 Å². The van der Waals surface area contributed by atoms with E-state index in [9.17, 15) is 0 Å². The van der Waals surface area contributed by atoms with Gasteiger partial charge in [-0.25, -0.2) is 0 Å². The molecule has 0 spiro atoms. The summed E-state index contributed by atoms with van der Waals surface area (Å²) in [6.45, 7) is 2.05. The number of nitrogens with one attached hydrogen (secondary N) is 1. The number of hydrogen-bond donors (Lipinski definition) is 1. The lowest BCUT2D eigenvalue weighted by atomic mass is 10.0. The van der Waals surface area contributed by atoms with Gasteiger partial charge in [-0.1, -0.05) is 41.4 Å². The molecule has 0 aliphatic heterocycles. The van der Waals surface area contributed by atoms with Crippen molar-refractivity contribution in [3.63, 3.8) is 0 Å². The molecule has 2 aromatic carbocycles. The van der Waals surface area contributed by atoms with Gasteiger partial charge in [0.05, 0.1) is 0 Å². The number of benzene rings is 2. The molecule has 0 heterocycles. The molecule has 0 amide bonds. The van der Waals surface area contributed by atoms with Gasteiger partial charge in [0.1, 0.15) is 11.9 Å². The molecule has 2 unspecified atom stereocenters. The molecule has 0 bridgehead atoms. The van der Waals surface area contributed by atoms with Crippen LogP contribution in [0.15, 0.2) is 48.5 Å². The van der Waals surface area contributed by atoms with Gasteiger partial charge in [-0.2, -0.15) is 0 Å². The Labute approximate surface area is 136 Å². The lowest BCUT2D eigenvalue weighted by Crippen LogP contribution is -2.41. The fourth-order valence-electron chi connectivity index (χ4n) is 2.21. The summed E-state index contributed by atoms with van der Waals surface area (Å²) in [7, 11) is 1.94. The number of rotatable bonds is 6. The van der Waals surface area contributed by atoms with E-state index in [4.69, 9.17) is 27.9 Å². The largest absolute Gasteiger partial charge is 0.489 e. The number of ether oxygens (including phenoxy) is 1. The molecule has 4 heteroatoms. The zero-order valence-corrected chi connectivity index (χ0v) is 13.7. The van der Waals surface area contributed by atoms with Gasteiger partial charge in [-0.15, -0.1) is 0 Å². The molecular weight excluding hydrogens is 305 g/mol. The summed E-state index contributed by atoms with van der Waals surface area (Å²) in [5.41, 5.74) is 1.22. The predicted octanol–water partition coefficient (Wildman–Crippen LogP) is 4.59. The van der Waals surface area contributed by atoms with E-state index < -0.39 is 0 Å². The minimum Gasteiger partial charge on any atom is -0.489 e. The Morgan fingerprint density at radius 1 is 1.05 bits per heavy atom. The van der Waals surface area contributed by atoms with E-state index in [-0.39, 0.29) is 12.1 Å². The molecule has 2 atom stereocenters. The van der Waals surface area contributed by atoms with Gasteiger partial charge in [0.15, 0.2) is 0 Å². The highest BCUT2D eigenvalue weighted by Crippen LogP contribution is 2.20. The van der Waals surface area contributed by atoms with Crippen molar-refractivity contribution in [2.45, 2.75) is 25.5 Å². The van der Waals surface area contributed by atoms with Crippen LogP contribution in [0.4, 0.5) is 0 Å². The average molecular weight is 324 g/mol.